The molecule has 0 aliphatic rings. The molecule has 1 aromatic carbocycles. The monoisotopic (exact) mass is 239 g/mol. The molecule has 0 aromatic heterocycles. The van der Waals surface area contributed by atoms with Gasteiger partial charge in [0.05, 0.1) is 18.8 Å². The Bertz CT molecular complexity index is 351. The van der Waals surface area contributed by atoms with E-state index in [0.29, 0.717) is 0 Å². The summed E-state index contributed by atoms with van der Waals surface area (Å²) in [5.41, 5.74) is 2.10. The molecule has 0 spiro atoms. The van der Waals surface area contributed by atoms with Gasteiger partial charge in [-0.3, -0.25) is 0 Å². The van der Waals surface area contributed by atoms with Crippen LogP contribution in [0, 0.1) is 6.92 Å². The van der Waals surface area contributed by atoms with E-state index in [2.05, 4.69) is 5.32 Å². The molecule has 4 nitrogen and oxygen atoms in total. The first kappa shape index (κ1) is 13.8. The summed E-state index contributed by atoms with van der Waals surface area (Å²) in [4.78, 5) is 0. The fourth-order valence-corrected chi connectivity index (χ4v) is 1.74. The van der Waals surface area contributed by atoms with Crippen molar-refractivity contribution in [1.82, 2.24) is 0 Å². The Hall–Kier alpha value is -1.26. The zero-order valence-electron chi connectivity index (χ0n) is 11.1. The third kappa shape index (κ3) is 3.61. The number of nitrogens with one attached hydrogen (secondary N) is 1. The van der Waals surface area contributed by atoms with Gasteiger partial charge in [-0.2, -0.15) is 0 Å². The second-order valence-corrected chi connectivity index (χ2v) is 3.98. The molecule has 1 aromatic rings. The zero-order chi connectivity index (χ0) is 12.8. The molecular formula is C13H21NO3. The average molecular weight is 239 g/mol. The lowest BCUT2D eigenvalue weighted by Crippen LogP contribution is -2.33. The molecule has 1 rings (SSSR count). The van der Waals surface area contributed by atoms with Crippen LogP contribution in [0.2, 0.25) is 0 Å². The Balaban J connectivity index is 2.80. The lowest BCUT2D eigenvalue weighted by Gasteiger charge is -2.24. The van der Waals surface area contributed by atoms with Gasteiger partial charge in [0.2, 0.25) is 0 Å². The van der Waals surface area contributed by atoms with Crippen molar-refractivity contribution in [2.24, 2.45) is 0 Å². The van der Waals surface area contributed by atoms with E-state index < -0.39 is 0 Å². The molecule has 17 heavy (non-hydrogen) atoms. The van der Waals surface area contributed by atoms with E-state index >= 15 is 0 Å². The standard InChI is InChI=1S/C13H21NO3/c1-9-6-7-11(12(8-9)15-3)14-10(2)13(16-4)17-5/h6-8,10,13-14H,1-5H3. The molecular weight excluding hydrogens is 218 g/mol. The molecule has 96 valence electrons. The maximum atomic E-state index is 5.33. The van der Waals surface area contributed by atoms with Crippen molar-refractivity contribution in [2.75, 3.05) is 26.6 Å². The van der Waals surface area contributed by atoms with Crippen LogP contribution in [0.25, 0.3) is 0 Å². The van der Waals surface area contributed by atoms with Crippen LogP contribution < -0.4 is 10.1 Å². The van der Waals surface area contributed by atoms with Gasteiger partial charge >= 0.3 is 0 Å². The van der Waals surface area contributed by atoms with Crippen molar-refractivity contribution in [1.29, 1.82) is 0 Å². The Labute approximate surface area is 103 Å². The Morgan fingerprint density at radius 2 is 1.76 bits per heavy atom. The van der Waals surface area contributed by atoms with Crippen molar-refractivity contribution in [3.05, 3.63) is 23.8 Å². The van der Waals surface area contributed by atoms with Crippen LogP contribution in [-0.4, -0.2) is 33.7 Å². The van der Waals surface area contributed by atoms with Crippen LogP contribution in [0.3, 0.4) is 0 Å². The minimum atomic E-state index is -0.291. The van der Waals surface area contributed by atoms with E-state index in [1.54, 1.807) is 21.3 Å². The third-order valence-corrected chi connectivity index (χ3v) is 2.61. The van der Waals surface area contributed by atoms with Crippen LogP contribution in [0.4, 0.5) is 5.69 Å². The van der Waals surface area contributed by atoms with Crippen molar-refractivity contribution in [3.8, 4) is 5.75 Å². The number of methoxy groups -OCH3 is 3. The molecule has 1 atom stereocenters. The van der Waals surface area contributed by atoms with Gasteiger partial charge in [-0.15, -0.1) is 0 Å². The number of benzene rings is 1. The van der Waals surface area contributed by atoms with Gasteiger partial charge in [0.25, 0.3) is 0 Å². The van der Waals surface area contributed by atoms with E-state index in [9.17, 15) is 0 Å². The van der Waals surface area contributed by atoms with Gasteiger partial charge in [-0.25, -0.2) is 0 Å². The fourth-order valence-electron chi connectivity index (χ4n) is 1.74. The predicted molar refractivity (Wildman–Crippen MR) is 68.6 cm³/mol. The van der Waals surface area contributed by atoms with Crippen molar-refractivity contribution < 1.29 is 14.2 Å². The van der Waals surface area contributed by atoms with Gasteiger partial charge in [-0.1, -0.05) is 6.07 Å². The van der Waals surface area contributed by atoms with Gasteiger partial charge in [0, 0.05) is 14.2 Å². The van der Waals surface area contributed by atoms with Gasteiger partial charge in [0.15, 0.2) is 6.29 Å². The number of hydrogen-bond donors (Lipinski definition) is 1. The van der Waals surface area contributed by atoms with Gasteiger partial charge in [0.1, 0.15) is 5.75 Å². The maximum Gasteiger partial charge on any atom is 0.176 e. The molecule has 0 bridgehead atoms. The topological polar surface area (TPSA) is 39.7 Å². The number of rotatable bonds is 6. The molecule has 0 aliphatic carbocycles. The zero-order valence-corrected chi connectivity index (χ0v) is 11.1. The first-order chi connectivity index (χ1) is 8.12. The van der Waals surface area contributed by atoms with Crippen molar-refractivity contribution in [2.45, 2.75) is 26.2 Å². The smallest absolute Gasteiger partial charge is 0.176 e. The highest BCUT2D eigenvalue weighted by Gasteiger charge is 2.16. The molecule has 1 N–H and O–H groups in total. The van der Waals surface area contributed by atoms with Gasteiger partial charge in [-0.05, 0) is 31.5 Å². The summed E-state index contributed by atoms with van der Waals surface area (Å²) < 4.78 is 15.7. The molecule has 0 heterocycles. The van der Waals surface area contributed by atoms with Crippen LogP contribution in [0.15, 0.2) is 18.2 Å². The van der Waals surface area contributed by atoms with Crippen LogP contribution in [0.5, 0.6) is 5.75 Å². The minimum Gasteiger partial charge on any atom is -0.495 e. The number of hydrogen-bond acceptors (Lipinski definition) is 4. The summed E-state index contributed by atoms with van der Waals surface area (Å²) in [6, 6.07) is 6.05. The molecule has 0 aliphatic heterocycles. The number of ether oxygens (including phenoxy) is 3. The third-order valence-electron chi connectivity index (χ3n) is 2.61. The highest BCUT2D eigenvalue weighted by molar-refractivity contribution is 5.58. The summed E-state index contributed by atoms with van der Waals surface area (Å²) in [6.45, 7) is 4.03. The quantitative estimate of drug-likeness (QED) is 0.774. The van der Waals surface area contributed by atoms with Crippen molar-refractivity contribution in [3.63, 3.8) is 0 Å². The molecule has 4 heteroatoms. The van der Waals surface area contributed by atoms with E-state index in [1.165, 1.54) is 0 Å². The fraction of sp³-hybridized carbons (Fsp3) is 0.538. The largest absolute Gasteiger partial charge is 0.495 e. The summed E-state index contributed by atoms with van der Waals surface area (Å²) in [6.07, 6.45) is -0.291. The summed E-state index contributed by atoms with van der Waals surface area (Å²) in [7, 11) is 4.91. The summed E-state index contributed by atoms with van der Waals surface area (Å²) in [5.74, 6) is 0.822. The molecule has 0 amide bonds. The van der Waals surface area contributed by atoms with Crippen LogP contribution in [0.1, 0.15) is 12.5 Å². The maximum absolute atomic E-state index is 5.33. The predicted octanol–water partition coefficient (Wildman–Crippen LogP) is 2.42. The Morgan fingerprint density at radius 3 is 2.29 bits per heavy atom. The minimum absolute atomic E-state index is 0.0293. The first-order valence-electron chi connectivity index (χ1n) is 5.59. The van der Waals surface area contributed by atoms with Gasteiger partial charge < -0.3 is 19.5 Å². The molecule has 0 saturated heterocycles. The molecule has 0 fully saturated rings. The Kier molecular flexibility index (Phi) is 5.25. The highest BCUT2D eigenvalue weighted by Crippen LogP contribution is 2.26. The highest BCUT2D eigenvalue weighted by atomic mass is 16.7. The Morgan fingerprint density at radius 1 is 1.12 bits per heavy atom. The first-order valence-corrected chi connectivity index (χ1v) is 5.59. The normalized spacial score (nSPS) is 12.6. The SMILES string of the molecule is COc1cc(C)ccc1NC(C)C(OC)OC. The molecule has 0 saturated carbocycles. The number of aryl methyl sites for hydroxylation is 1. The molecule has 1 unspecified atom stereocenters. The van der Waals surface area contributed by atoms with E-state index in [1.807, 2.05) is 32.0 Å². The lowest BCUT2D eigenvalue weighted by molar-refractivity contribution is -0.109. The van der Waals surface area contributed by atoms with E-state index in [-0.39, 0.29) is 12.3 Å². The summed E-state index contributed by atoms with van der Waals surface area (Å²) in [5, 5.41) is 3.32. The second-order valence-electron chi connectivity index (χ2n) is 3.98. The second kappa shape index (κ2) is 6.47. The van der Waals surface area contributed by atoms with Crippen LogP contribution >= 0.6 is 0 Å². The van der Waals surface area contributed by atoms with E-state index in [0.717, 1.165) is 17.0 Å². The lowest BCUT2D eigenvalue weighted by atomic mass is 10.2. The van der Waals surface area contributed by atoms with Crippen LogP contribution in [-0.2, 0) is 9.47 Å². The number of anilines is 1. The molecule has 0 radical (unpaired) electrons. The van der Waals surface area contributed by atoms with E-state index in [4.69, 9.17) is 14.2 Å². The average Bonchev–Trinajstić information content (AvgIpc) is 2.33. The summed E-state index contributed by atoms with van der Waals surface area (Å²) >= 11 is 0. The van der Waals surface area contributed by atoms with Crippen molar-refractivity contribution >= 4 is 5.69 Å².